The summed E-state index contributed by atoms with van der Waals surface area (Å²) >= 11 is 0. The molecule has 1 saturated heterocycles. The standard InChI is InChI=1S/C21H24N5O2/c1-25-19(16-6-5-14-3-2-4-15(14)11-16)17-18(24-25)20(27)26(13-23-17)12-21(28)7-9-22-10-8-21/h3,5-6,11,13,22,28H,2,4,7-10,12H2,1H3. The van der Waals surface area contributed by atoms with Gasteiger partial charge in [-0.2, -0.15) is 5.10 Å². The van der Waals surface area contributed by atoms with E-state index < -0.39 is 5.60 Å². The number of aromatic nitrogens is 4. The Kier molecular flexibility index (Phi) is 4.10. The van der Waals surface area contributed by atoms with E-state index in [0.717, 1.165) is 37.2 Å². The molecule has 0 atom stereocenters. The van der Waals surface area contributed by atoms with Gasteiger partial charge < -0.3 is 10.4 Å². The van der Waals surface area contributed by atoms with Gasteiger partial charge in [0.05, 0.1) is 24.2 Å². The van der Waals surface area contributed by atoms with E-state index in [9.17, 15) is 9.90 Å². The number of rotatable bonds is 3. The number of nitrogens with zero attached hydrogens (tertiary/aromatic N) is 4. The number of piperidine rings is 1. The molecule has 0 bridgehead atoms. The molecule has 7 heteroatoms. The van der Waals surface area contributed by atoms with Gasteiger partial charge in [-0.25, -0.2) is 4.98 Å². The molecule has 0 spiro atoms. The van der Waals surface area contributed by atoms with Gasteiger partial charge >= 0.3 is 0 Å². The van der Waals surface area contributed by atoms with Crippen LogP contribution in [0.15, 0.2) is 29.3 Å². The lowest BCUT2D eigenvalue weighted by Crippen LogP contribution is -2.46. The maximum absolute atomic E-state index is 13.0. The highest BCUT2D eigenvalue weighted by molar-refractivity contribution is 5.89. The van der Waals surface area contributed by atoms with Crippen molar-refractivity contribution in [2.75, 3.05) is 13.1 Å². The van der Waals surface area contributed by atoms with Crippen LogP contribution in [0.3, 0.4) is 0 Å². The lowest BCUT2D eigenvalue weighted by atomic mass is 9.92. The molecule has 5 rings (SSSR count). The van der Waals surface area contributed by atoms with Crippen molar-refractivity contribution < 1.29 is 5.11 Å². The highest BCUT2D eigenvalue weighted by Crippen LogP contribution is 2.31. The van der Waals surface area contributed by atoms with Crippen LogP contribution in [0.4, 0.5) is 0 Å². The summed E-state index contributed by atoms with van der Waals surface area (Å²) in [4.78, 5) is 17.6. The first-order valence-electron chi connectivity index (χ1n) is 9.86. The Morgan fingerprint density at radius 1 is 1.25 bits per heavy atom. The third kappa shape index (κ3) is 2.86. The minimum Gasteiger partial charge on any atom is -0.388 e. The lowest BCUT2D eigenvalue weighted by molar-refractivity contribution is -0.00628. The summed E-state index contributed by atoms with van der Waals surface area (Å²) in [6, 6.07) is 6.38. The van der Waals surface area contributed by atoms with Crippen LogP contribution < -0.4 is 10.9 Å². The van der Waals surface area contributed by atoms with Crippen molar-refractivity contribution in [2.45, 2.75) is 37.8 Å². The van der Waals surface area contributed by atoms with Gasteiger partial charge in [0.15, 0.2) is 5.52 Å². The van der Waals surface area contributed by atoms with Crippen molar-refractivity contribution in [1.82, 2.24) is 24.6 Å². The molecule has 3 heterocycles. The van der Waals surface area contributed by atoms with Crippen molar-refractivity contribution >= 4 is 11.0 Å². The Balaban J connectivity index is 1.57. The molecule has 0 amide bonds. The van der Waals surface area contributed by atoms with Crippen molar-refractivity contribution in [1.29, 1.82) is 0 Å². The van der Waals surface area contributed by atoms with E-state index in [2.05, 4.69) is 40.0 Å². The largest absolute Gasteiger partial charge is 0.388 e. The van der Waals surface area contributed by atoms with Gasteiger partial charge in [-0.15, -0.1) is 0 Å². The first kappa shape index (κ1) is 17.6. The van der Waals surface area contributed by atoms with Crippen LogP contribution in [0.5, 0.6) is 0 Å². The number of fused-ring (bicyclic) bond motifs is 2. The molecule has 1 aliphatic carbocycles. The van der Waals surface area contributed by atoms with Crippen LogP contribution in [0.2, 0.25) is 0 Å². The summed E-state index contributed by atoms with van der Waals surface area (Å²) in [6.45, 7) is 1.76. The maximum atomic E-state index is 13.0. The number of aryl methyl sites for hydroxylation is 2. The van der Waals surface area contributed by atoms with E-state index >= 15 is 0 Å². The average Bonchev–Trinajstić information content (AvgIpc) is 3.28. The van der Waals surface area contributed by atoms with Gasteiger partial charge in [0.25, 0.3) is 5.56 Å². The summed E-state index contributed by atoms with van der Waals surface area (Å²) in [5.74, 6) is 0. The highest BCUT2D eigenvalue weighted by atomic mass is 16.3. The van der Waals surface area contributed by atoms with E-state index in [1.54, 1.807) is 11.0 Å². The summed E-state index contributed by atoms with van der Waals surface area (Å²) in [7, 11) is 1.85. The fourth-order valence-corrected chi connectivity index (χ4v) is 4.45. The highest BCUT2D eigenvalue weighted by Gasteiger charge is 2.30. The monoisotopic (exact) mass is 378 g/mol. The van der Waals surface area contributed by atoms with E-state index in [1.165, 1.54) is 15.7 Å². The minimum absolute atomic E-state index is 0.201. The third-order valence-corrected chi connectivity index (χ3v) is 6.01. The zero-order chi connectivity index (χ0) is 19.3. The van der Waals surface area contributed by atoms with Gasteiger partial charge in [0, 0.05) is 12.6 Å². The Morgan fingerprint density at radius 3 is 2.89 bits per heavy atom. The number of aliphatic hydroxyl groups is 1. The molecule has 0 unspecified atom stereocenters. The average molecular weight is 378 g/mol. The van der Waals surface area contributed by atoms with Crippen LogP contribution in [0.1, 0.15) is 30.4 Å². The Bertz CT molecular complexity index is 1110. The van der Waals surface area contributed by atoms with E-state index in [-0.39, 0.29) is 12.1 Å². The Morgan fingerprint density at radius 2 is 2.07 bits per heavy atom. The van der Waals surface area contributed by atoms with Gasteiger partial charge in [-0.3, -0.25) is 14.0 Å². The second-order valence-electron chi connectivity index (χ2n) is 7.98. The fourth-order valence-electron chi connectivity index (χ4n) is 4.45. The van der Waals surface area contributed by atoms with E-state index in [1.807, 2.05) is 7.05 Å². The van der Waals surface area contributed by atoms with Crippen molar-refractivity contribution in [3.8, 4) is 11.3 Å². The summed E-state index contributed by atoms with van der Waals surface area (Å²) in [6.07, 6.45) is 7.17. The molecule has 1 radical (unpaired) electrons. The van der Waals surface area contributed by atoms with E-state index in [4.69, 9.17) is 0 Å². The number of benzene rings is 1. The Hall–Kier alpha value is -2.51. The number of hydrogen-bond acceptors (Lipinski definition) is 5. The van der Waals surface area contributed by atoms with Gasteiger partial charge in [0.2, 0.25) is 0 Å². The molecule has 1 fully saturated rings. The fraction of sp³-hybridized carbons (Fsp3) is 0.429. The summed E-state index contributed by atoms with van der Waals surface area (Å²) < 4.78 is 3.24. The molecule has 7 nitrogen and oxygen atoms in total. The van der Waals surface area contributed by atoms with Gasteiger partial charge in [-0.1, -0.05) is 12.1 Å². The van der Waals surface area contributed by atoms with Crippen LogP contribution in [0, 0.1) is 6.42 Å². The molecule has 2 N–H and O–H groups in total. The van der Waals surface area contributed by atoms with Gasteiger partial charge in [0.1, 0.15) is 5.52 Å². The molecule has 2 aliphatic rings. The van der Waals surface area contributed by atoms with Crippen molar-refractivity contribution in [2.24, 2.45) is 7.05 Å². The molecular formula is C21H24N5O2. The third-order valence-electron chi connectivity index (χ3n) is 6.01. The molecule has 1 aliphatic heterocycles. The van der Waals surface area contributed by atoms with Gasteiger partial charge in [-0.05, 0) is 62.4 Å². The first-order valence-corrected chi connectivity index (χ1v) is 9.86. The zero-order valence-electron chi connectivity index (χ0n) is 16.0. The SMILES string of the molecule is Cn1nc2c(=O)n(CC3(O)CCNCC3)cnc2c1-c1ccc2c(c1)CC[CH]2. The number of hydrogen-bond donors (Lipinski definition) is 2. The molecular weight excluding hydrogens is 354 g/mol. The van der Waals surface area contributed by atoms with Crippen LogP contribution in [-0.4, -0.2) is 43.1 Å². The second-order valence-corrected chi connectivity index (χ2v) is 7.98. The lowest BCUT2D eigenvalue weighted by Gasteiger charge is -2.32. The molecule has 1 aromatic carbocycles. The normalized spacial score (nSPS) is 18.5. The predicted molar refractivity (Wildman–Crippen MR) is 107 cm³/mol. The predicted octanol–water partition coefficient (Wildman–Crippen LogP) is 1.41. The molecule has 2 aromatic heterocycles. The van der Waals surface area contributed by atoms with Crippen LogP contribution in [0.25, 0.3) is 22.3 Å². The van der Waals surface area contributed by atoms with Crippen molar-refractivity contribution in [3.05, 3.63) is 52.4 Å². The summed E-state index contributed by atoms with van der Waals surface area (Å²) in [5, 5.41) is 18.5. The van der Waals surface area contributed by atoms with E-state index in [0.29, 0.717) is 23.9 Å². The molecule has 28 heavy (non-hydrogen) atoms. The molecule has 145 valence electrons. The van der Waals surface area contributed by atoms with Crippen LogP contribution in [-0.2, 0) is 20.0 Å². The van der Waals surface area contributed by atoms with Crippen LogP contribution >= 0.6 is 0 Å². The quantitative estimate of drug-likeness (QED) is 0.720. The smallest absolute Gasteiger partial charge is 0.281 e. The maximum Gasteiger partial charge on any atom is 0.281 e. The topological polar surface area (TPSA) is 85.0 Å². The number of nitrogens with one attached hydrogen (secondary N) is 1. The molecule has 3 aromatic rings. The second kappa shape index (κ2) is 6.53. The zero-order valence-corrected chi connectivity index (χ0v) is 16.0. The first-order chi connectivity index (χ1) is 13.5. The van der Waals surface area contributed by atoms with Crippen molar-refractivity contribution in [3.63, 3.8) is 0 Å². The molecule has 0 saturated carbocycles. The minimum atomic E-state index is -0.876. The summed E-state index contributed by atoms with van der Waals surface area (Å²) in [5.41, 5.74) is 4.39. The Labute approximate surface area is 163 Å².